The Hall–Kier alpha value is -0.800. The normalized spacial score (nSPS) is 10.8. The van der Waals surface area contributed by atoms with Crippen LogP contribution in [-0.2, 0) is 6.54 Å². The molecule has 0 fully saturated rings. The molecular weight excluding hydrogens is 288 g/mol. The molecule has 0 saturated carbocycles. The summed E-state index contributed by atoms with van der Waals surface area (Å²) < 4.78 is 2.91. The molecule has 0 saturated heterocycles. The molecule has 0 atom stereocenters. The highest BCUT2D eigenvalue weighted by Gasteiger charge is 2.08. The summed E-state index contributed by atoms with van der Waals surface area (Å²) in [4.78, 5) is 0. The summed E-state index contributed by atoms with van der Waals surface area (Å²) in [6, 6.07) is 8.17. The molecule has 0 amide bonds. The van der Waals surface area contributed by atoms with Crippen molar-refractivity contribution in [3.05, 3.63) is 50.7 Å². The van der Waals surface area contributed by atoms with Gasteiger partial charge >= 0.3 is 0 Å². The molecule has 0 aliphatic heterocycles. The maximum Gasteiger partial charge on any atom is 0.130 e. The van der Waals surface area contributed by atoms with Crippen molar-refractivity contribution in [3.8, 4) is 0 Å². The SMILES string of the molecule is Cc1nn(Cc2ccc(Br)cc2)c(Cl)c1C. The summed E-state index contributed by atoms with van der Waals surface area (Å²) in [5.41, 5.74) is 3.23. The molecule has 84 valence electrons. The number of rotatable bonds is 2. The van der Waals surface area contributed by atoms with Crippen molar-refractivity contribution in [3.63, 3.8) is 0 Å². The van der Waals surface area contributed by atoms with Crippen LogP contribution < -0.4 is 0 Å². The molecular formula is C12H12BrClN2. The summed E-state index contributed by atoms with van der Waals surface area (Å²) in [7, 11) is 0. The second kappa shape index (κ2) is 4.60. The molecule has 1 heterocycles. The molecule has 4 heteroatoms. The van der Waals surface area contributed by atoms with E-state index in [9.17, 15) is 0 Å². The zero-order chi connectivity index (χ0) is 11.7. The highest BCUT2D eigenvalue weighted by atomic mass is 79.9. The van der Waals surface area contributed by atoms with E-state index in [0.717, 1.165) is 20.9 Å². The minimum Gasteiger partial charge on any atom is -0.249 e. The Balaban J connectivity index is 2.27. The van der Waals surface area contributed by atoms with Crippen LogP contribution in [0, 0.1) is 13.8 Å². The monoisotopic (exact) mass is 298 g/mol. The van der Waals surface area contributed by atoms with E-state index in [0.29, 0.717) is 6.54 Å². The average Bonchev–Trinajstić information content (AvgIpc) is 2.50. The first-order valence-electron chi connectivity index (χ1n) is 5.02. The molecule has 0 spiro atoms. The zero-order valence-electron chi connectivity index (χ0n) is 9.17. The third-order valence-electron chi connectivity index (χ3n) is 2.60. The summed E-state index contributed by atoms with van der Waals surface area (Å²) >= 11 is 9.60. The highest BCUT2D eigenvalue weighted by Crippen LogP contribution is 2.20. The number of hydrogen-bond donors (Lipinski definition) is 0. The van der Waals surface area contributed by atoms with Crippen molar-refractivity contribution < 1.29 is 0 Å². The lowest BCUT2D eigenvalue weighted by molar-refractivity contribution is 0.680. The third-order valence-corrected chi connectivity index (χ3v) is 3.60. The fraction of sp³-hybridized carbons (Fsp3) is 0.250. The van der Waals surface area contributed by atoms with E-state index >= 15 is 0 Å². The van der Waals surface area contributed by atoms with E-state index in [1.165, 1.54) is 5.56 Å². The average molecular weight is 300 g/mol. The van der Waals surface area contributed by atoms with E-state index in [4.69, 9.17) is 11.6 Å². The fourth-order valence-electron chi connectivity index (χ4n) is 1.51. The summed E-state index contributed by atoms with van der Waals surface area (Å²) in [5.74, 6) is 0. The predicted octanol–water partition coefficient (Wildman–Crippen LogP) is 3.96. The van der Waals surface area contributed by atoms with Crippen molar-refractivity contribution in [1.29, 1.82) is 0 Å². The maximum absolute atomic E-state index is 6.19. The van der Waals surface area contributed by atoms with Crippen LogP contribution in [0.3, 0.4) is 0 Å². The smallest absolute Gasteiger partial charge is 0.130 e. The van der Waals surface area contributed by atoms with Crippen molar-refractivity contribution in [2.75, 3.05) is 0 Å². The number of hydrogen-bond acceptors (Lipinski definition) is 1. The Morgan fingerprint density at radius 3 is 2.38 bits per heavy atom. The second-order valence-electron chi connectivity index (χ2n) is 3.79. The molecule has 2 nitrogen and oxygen atoms in total. The number of halogens is 2. The molecule has 0 aliphatic carbocycles. The fourth-order valence-corrected chi connectivity index (χ4v) is 2.01. The van der Waals surface area contributed by atoms with Crippen LogP contribution in [0.1, 0.15) is 16.8 Å². The number of aryl methyl sites for hydroxylation is 1. The van der Waals surface area contributed by atoms with Crippen LogP contribution in [-0.4, -0.2) is 9.78 Å². The highest BCUT2D eigenvalue weighted by molar-refractivity contribution is 9.10. The molecule has 0 radical (unpaired) electrons. The van der Waals surface area contributed by atoms with Crippen molar-refractivity contribution in [2.45, 2.75) is 20.4 Å². The first-order valence-corrected chi connectivity index (χ1v) is 6.19. The summed E-state index contributed by atoms with van der Waals surface area (Å²) in [5, 5.41) is 5.12. The first-order chi connectivity index (χ1) is 7.58. The minimum absolute atomic E-state index is 0.709. The molecule has 1 aromatic carbocycles. The molecule has 2 rings (SSSR count). The first kappa shape index (κ1) is 11.7. The second-order valence-corrected chi connectivity index (χ2v) is 5.06. The Bertz CT molecular complexity index is 502. The lowest BCUT2D eigenvalue weighted by Crippen LogP contribution is -2.01. The van der Waals surface area contributed by atoms with Gasteiger partial charge in [-0.05, 0) is 31.5 Å². The zero-order valence-corrected chi connectivity index (χ0v) is 11.5. The van der Waals surface area contributed by atoms with Gasteiger partial charge in [0.1, 0.15) is 5.15 Å². The van der Waals surface area contributed by atoms with Crippen LogP contribution in [0.25, 0.3) is 0 Å². The van der Waals surface area contributed by atoms with Crippen molar-refractivity contribution in [1.82, 2.24) is 9.78 Å². The van der Waals surface area contributed by atoms with Crippen molar-refractivity contribution in [2.24, 2.45) is 0 Å². The van der Waals surface area contributed by atoms with Gasteiger partial charge in [0, 0.05) is 10.0 Å². The van der Waals surface area contributed by atoms with Gasteiger partial charge in [-0.2, -0.15) is 5.10 Å². The Morgan fingerprint density at radius 1 is 1.25 bits per heavy atom. The lowest BCUT2D eigenvalue weighted by atomic mass is 10.2. The largest absolute Gasteiger partial charge is 0.249 e. The van der Waals surface area contributed by atoms with Crippen LogP contribution in [0.5, 0.6) is 0 Å². The van der Waals surface area contributed by atoms with Crippen LogP contribution in [0.2, 0.25) is 5.15 Å². The van der Waals surface area contributed by atoms with Crippen molar-refractivity contribution >= 4 is 27.5 Å². The number of benzene rings is 1. The van der Waals surface area contributed by atoms with Gasteiger partial charge in [-0.3, -0.25) is 0 Å². The van der Waals surface area contributed by atoms with E-state index in [1.54, 1.807) is 0 Å². The van der Waals surface area contributed by atoms with Gasteiger partial charge in [-0.1, -0.05) is 39.7 Å². The van der Waals surface area contributed by atoms with Gasteiger partial charge in [0.25, 0.3) is 0 Å². The van der Waals surface area contributed by atoms with Crippen LogP contribution in [0.15, 0.2) is 28.7 Å². The van der Waals surface area contributed by atoms with E-state index in [-0.39, 0.29) is 0 Å². The Kier molecular flexibility index (Phi) is 3.36. The molecule has 0 unspecified atom stereocenters. The minimum atomic E-state index is 0.709. The Labute approximate surface area is 108 Å². The number of nitrogens with zero attached hydrogens (tertiary/aromatic N) is 2. The molecule has 0 aliphatic rings. The van der Waals surface area contributed by atoms with Gasteiger partial charge in [0.2, 0.25) is 0 Å². The van der Waals surface area contributed by atoms with E-state index < -0.39 is 0 Å². The quantitative estimate of drug-likeness (QED) is 0.820. The Morgan fingerprint density at radius 2 is 1.88 bits per heavy atom. The van der Waals surface area contributed by atoms with Gasteiger partial charge in [0.05, 0.1) is 12.2 Å². The number of aromatic nitrogens is 2. The standard InChI is InChI=1S/C12H12BrClN2/c1-8-9(2)15-16(12(8)14)7-10-3-5-11(13)6-4-10/h3-6H,7H2,1-2H3. The summed E-state index contributed by atoms with van der Waals surface area (Å²) in [6.07, 6.45) is 0. The molecule has 1 aromatic heterocycles. The molecule has 2 aromatic rings. The van der Waals surface area contributed by atoms with E-state index in [1.807, 2.05) is 30.7 Å². The molecule has 16 heavy (non-hydrogen) atoms. The topological polar surface area (TPSA) is 17.8 Å². The third kappa shape index (κ3) is 2.30. The van der Waals surface area contributed by atoms with E-state index in [2.05, 4.69) is 33.2 Å². The van der Waals surface area contributed by atoms with Gasteiger partial charge in [0.15, 0.2) is 0 Å². The van der Waals surface area contributed by atoms with Gasteiger partial charge in [-0.15, -0.1) is 0 Å². The summed E-state index contributed by atoms with van der Waals surface area (Å²) in [6.45, 7) is 4.67. The molecule has 0 N–H and O–H groups in total. The molecule has 0 bridgehead atoms. The van der Waals surface area contributed by atoms with Gasteiger partial charge in [-0.25, -0.2) is 4.68 Å². The lowest BCUT2D eigenvalue weighted by Gasteiger charge is -2.03. The van der Waals surface area contributed by atoms with Crippen LogP contribution >= 0.6 is 27.5 Å². The predicted molar refractivity (Wildman–Crippen MR) is 70.0 cm³/mol. The maximum atomic E-state index is 6.19. The van der Waals surface area contributed by atoms with Crippen LogP contribution in [0.4, 0.5) is 0 Å². The van der Waals surface area contributed by atoms with Gasteiger partial charge < -0.3 is 0 Å².